The van der Waals surface area contributed by atoms with Gasteiger partial charge in [-0.25, -0.2) is 0 Å². The summed E-state index contributed by atoms with van der Waals surface area (Å²) in [4.78, 5) is 0. The number of rotatable bonds is 0. The zero-order valence-electron chi connectivity index (χ0n) is 5.52. The molecule has 0 saturated heterocycles. The Labute approximate surface area is 70.4 Å². The summed E-state index contributed by atoms with van der Waals surface area (Å²) >= 11 is 0. The lowest BCUT2D eigenvalue weighted by molar-refractivity contribution is 0.305. The first-order chi connectivity index (χ1) is 5.42. The van der Waals surface area contributed by atoms with Gasteiger partial charge in [-0.05, 0) is 6.07 Å². The number of fused-ring (bicyclic) bond motifs is 1. The molecule has 0 fully saturated rings. The van der Waals surface area contributed by atoms with Crippen LogP contribution in [0.1, 0.15) is 0 Å². The van der Waals surface area contributed by atoms with Gasteiger partial charge in [0.05, 0.1) is 0 Å². The summed E-state index contributed by atoms with van der Waals surface area (Å²) in [6.45, 7) is 0. The summed E-state index contributed by atoms with van der Waals surface area (Å²) in [6, 6.07) is 7.89. The lowest BCUT2D eigenvalue weighted by Crippen LogP contribution is -1.90. The molecule has 2 nitrogen and oxygen atoms in total. The highest BCUT2D eigenvalue weighted by Gasteiger charge is 1.96. The first-order valence-corrected chi connectivity index (χ1v) is 5.23. The van der Waals surface area contributed by atoms with E-state index >= 15 is 0 Å². The van der Waals surface area contributed by atoms with Gasteiger partial charge in [0.2, 0.25) is 0 Å². The van der Waals surface area contributed by atoms with E-state index < -0.39 is 0 Å². The molecule has 0 amide bonds. The van der Waals surface area contributed by atoms with Crippen LogP contribution in [0.3, 0.4) is 0 Å². The molecule has 1 heterocycles. The van der Waals surface area contributed by atoms with Gasteiger partial charge in [-0.3, -0.25) is 0 Å². The van der Waals surface area contributed by atoms with E-state index in [0.29, 0.717) is 4.67 Å². The number of hydrogen-bond acceptors (Lipinski definition) is 4. The predicted octanol–water partition coefficient (Wildman–Crippen LogP) is 2.25. The molecule has 11 heavy (non-hydrogen) atoms. The van der Waals surface area contributed by atoms with E-state index in [-0.39, 0.29) is 0 Å². The molecule has 0 aliphatic carbocycles. The van der Waals surface area contributed by atoms with Gasteiger partial charge in [-0.1, -0.05) is 44.0 Å². The lowest BCUT2D eigenvalue weighted by Gasteiger charge is -1.82. The molecule has 0 aliphatic heterocycles. The molecule has 2 rings (SSSR count). The zero-order valence-corrected chi connectivity index (χ0v) is 7.15. The minimum atomic E-state index is 0.700. The fraction of sp³-hybridized carbons (Fsp3) is 0. The highest BCUT2D eigenvalue weighted by molar-refractivity contribution is 7.71. The smallest absolute Gasteiger partial charge is 0.173 e. The summed E-state index contributed by atoms with van der Waals surface area (Å²) in [7, 11) is 3.11. The van der Waals surface area contributed by atoms with E-state index in [9.17, 15) is 0 Å². The summed E-state index contributed by atoms with van der Waals surface area (Å²) in [5.41, 5.74) is 0. The van der Waals surface area contributed by atoms with Crippen molar-refractivity contribution in [1.29, 1.82) is 0 Å². The van der Waals surface area contributed by atoms with Gasteiger partial charge in [-0.2, -0.15) is 0 Å². The van der Waals surface area contributed by atoms with Crippen molar-refractivity contribution in [1.82, 2.24) is 0 Å². The molecule has 0 aliphatic rings. The zero-order chi connectivity index (χ0) is 7.68. The van der Waals surface area contributed by atoms with E-state index in [1.807, 2.05) is 24.3 Å². The van der Waals surface area contributed by atoms with Crippen LogP contribution >= 0.6 is 20.7 Å². The first kappa shape index (κ1) is 6.82. The van der Waals surface area contributed by atoms with E-state index in [1.54, 1.807) is 10.3 Å². The van der Waals surface area contributed by atoms with Gasteiger partial charge in [0.1, 0.15) is 0 Å². The highest BCUT2D eigenvalue weighted by Crippen LogP contribution is 2.18. The molecular weight excluding hydrogens is 178 g/mol. The summed E-state index contributed by atoms with van der Waals surface area (Å²) < 4.78 is 1.87. The Hall–Kier alpha value is -0.870. The Kier molecular flexibility index (Phi) is 1.63. The van der Waals surface area contributed by atoms with Crippen LogP contribution in [-0.2, 0) is 0 Å². The van der Waals surface area contributed by atoms with Gasteiger partial charge in [0.15, 0.2) is 4.67 Å². The minimum Gasteiger partial charge on any atom is -0.410 e. The fourth-order valence-corrected chi connectivity index (χ4v) is 3.15. The highest BCUT2D eigenvalue weighted by atomic mass is 32.9. The van der Waals surface area contributed by atoms with Crippen molar-refractivity contribution in [3.05, 3.63) is 28.9 Å². The molecule has 1 aromatic carbocycles. The maximum Gasteiger partial charge on any atom is 0.173 e. The second kappa shape index (κ2) is 2.64. The number of benzene rings is 1. The average Bonchev–Trinajstić information content (AvgIpc) is 2.47. The van der Waals surface area contributed by atoms with Crippen LogP contribution < -0.4 is 4.67 Å². The van der Waals surface area contributed by atoms with Crippen molar-refractivity contribution in [3.63, 3.8) is 0 Å². The van der Waals surface area contributed by atoms with Crippen molar-refractivity contribution >= 4 is 30.8 Å². The Bertz CT molecular complexity index is 429. The third kappa shape index (κ3) is 1.04. The normalized spacial score (nSPS) is 12.5. The molecule has 0 atom stereocenters. The molecule has 0 unspecified atom stereocenters. The van der Waals surface area contributed by atoms with E-state index in [0.717, 1.165) is 5.39 Å². The van der Waals surface area contributed by atoms with E-state index in [2.05, 4.69) is 5.16 Å². The molecule has 2 aromatic rings. The van der Waals surface area contributed by atoms with E-state index in [4.69, 9.17) is 5.21 Å². The van der Waals surface area contributed by atoms with Crippen LogP contribution in [0.4, 0.5) is 0 Å². The Balaban J connectivity index is 2.98. The Morgan fingerprint density at radius 2 is 2.00 bits per heavy atom. The number of hydrogen-bond donors (Lipinski definition) is 1. The van der Waals surface area contributed by atoms with Gasteiger partial charge in [-0.15, -0.1) is 0 Å². The minimum absolute atomic E-state index is 0.700. The first-order valence-electron chi connectivity index (χ1n) is 3.08. The maximum atomic E-state index is 8.57. The maximum absolute atomic E-state index is 8.57. The van der Waals surface area contributed by atoms with Crippen molar-refractivity contribution in [2.75, 3.05) is 0 Å². The molecule has 0 radical (unpaired) electrons. The van der Waals surface area contributed by atoms with Crippen LogP contribution in [0, 0.1) is 0 Å². The molecule has 0 bridgehead atoms. The standard InChI is InChI=1S/C7H5NOS2/c9-8-7-5-3-1-2-4-6(5)10-11-7/h1-4,9H/b8-7+. The van der Waals surface area contributed by atoms with Crippen molar-refractivity contribution < 1.29 is 5.21 Å². The third-order valence-electron chi connectivity index (χ3n) is 1.42. The molecule has 1 aromatic heterocycles. The molecular formula is C7H5NOS2. The number of nitrogens with zero attached hydrogens (tertiary/aromatic N) is 1. The molecule has 56 valence electrons. The summed E-state index contributed by atoms with van der Waals surface area (Å²) in [6.07, 6.45) is 0. The van der Waals surface area contributed by atoms with E-state index in [1.165, 1.54) is 15.0 Å². The molecule has 0 saturated carbocycles. The summed E-state index contributed by atoms with van der Waals surface area (Å²) in [5.74, 6) is 0. The van der Waals surface area contributed by atoms with Crippen LogP contribution in [-0.4, -0.2) is 5.21 Å². The monoisotopic (exact) mass is 183 g/mol. The third-order valence-corrected chi connectivity index (χ3v) is 3.76. The topological polar surface area (TPSA) is 32.6 Å². The van der Waals surface area contributed by atoms with Crippen molar-refractivity contribution in [3.8, 4) is 0 Å². The van der Waals surface area contributed by atoms with Crippen LogP contribution in [0.15, 0.2) is 29.4 Å². The largest absolute Gasteiger partial charge is 0.410 e. The van der Waals surface area contributed by atoms with Gasteiger partial charge in [0, 0.05) is 10.1 Å². The van der Waals surface area contributed by atoms with Crippen molar-refractivity contribution in [2.45, 2.75) is 0 Å². The fourth-order valence-electron chi connectivity index (χ4n) is 0.916. The quantitative estimate of drug-likeness (QED) is 0.379. The Morgan fingerprint density at radius 3 is 2.82 bits per heavy atom. The average molecular weight is 183 g/mol. The van der Waals surface area contributed by atoms with Crippen LogP contribution in [0.2, 0.25) is 0 Å². The SMILES string of the molecule is O/N=c1/ssc2ccccc12. The van der Waals surface area contributed by atoms with Crippen molar-refractivity contribution in [2.24, 2.45) is 5.16 Å². The second-order valence-corrected chi connectivity index (χ2v) is 4.23. The van der Waals surface area contributed by atoms with Crippen LogP contribution in [0.5, 0.6) is 0 Å². The van der Waals surface area contributed by atoms with Crippen LogP contribution in [0.25, 0.3) is 10.1 Å². The van der Waals surface area contributed by atoms with Gasteiger partial charge in [0.25, 0.3) is 0 Å². The summed E-state index contributed by atoms with van der Waals surface area (Å²) in [5, 5.41) is 12.8. The van der Waals surface area contributed by atoms with Gasteiger partial charge < -0.3 is 5.21 Å². The molecule has 4 heteroatoms. The lowest BCUT2D eigenvalue weighted by atomic mass is 10.3. The Morgan fingerprint density at radius 1 is 1.18 bits per heavy atom. The molecule has 0 spiro atoms. The second-order valence-electron chi connectivity index (χ2n) is 2.07. The molecule has 1 N–H and O–H groups in total. The van der Waals surface area contributed by atoms with Gasteiger partial charge >= 0.3 is 0 Å². The predicted molar refractivity (Wildman–Crippen MR) is 47.1 cm³/mol.